The summed E-state index contributed by atoms with van der Waals surface area (Å²) in [6, 6.07) is 8.28. The zero-order valence-electron chi connectivity index (χ0n) is 9.21. The van der Waals surface area contributed by atoms with Crippen LogP contribution in [0.15, 0.2) is 30.3 Å². The summed E-state index contributed by atoms with van der Waals surface area (Å²) in [5, 5.41) is 0. The van der Waals surface area contributed by atoms with Gasteiger partial charge in [-0.05, 0) is 13.8 Å². The Bertz CT molecular complexity index is 448. The summed E-state index contributed by atoms with van der Waals surface area (Å²) in [7, 11) is -3.78. The number of benzene rings is 1. The minimum absolute atomic E-state index is 0.374. The maximum atomic E-state index is 11.6. The summed E-state index contributed by atoms with van der Waals surface area (Å²) in [6.07, 6.45) is -0.450. The van der Waals surface area contributed by atoms with Gasteiger partial charge in [-0.2, -0.15) is 8.42 Å². The summed E-state index contributed by atoms with van der Waals surface area (Å²) in [4.78, 5) is 11.6. The van der Waals surface area contributed by atoms with Crippen LogP contribution in [0, 0.1) is 0 Å². The number of Topliss-reactive ketones (excluding diaryl/α,β-unsaturated/α-hetero) is 1. The van der Waals surface area contributed by atoms with Crippen LogP contribution in [-0.4, -0.2) is 26.1 Å². The highest BCUT2D eigenvalue weighted by atomic mass is 32.2. The van der Waals surface area contributed by atoms with Crippen LogP contribution in [0.4, 0.5) is 0 Å². The Hall–Kier alpha value is -1.20. The third kappa shape index (κ3) is 4.12. The van der Waals surface area contributed by atoms with Crippen molar-refractivity contribution >= 4 is 15.9 Å². The molecule has 0 N–H and O–H groups in total. The van der Waals surface area contributed by atoms with Gasteiger partial charge in [-0.25, -0.2) is 0 Å². The molecule has 16 heavy (non-hydrogen) atoms. The Labute approximate surface area is 95.4 Å². The van der Waals surface area contributed by atoms with Crippen molar-refractivity contribution in [3.63, 3.8) is 0 Å². The van der Waals surface area contributed by atoms with Crippen LogP contribution in [0.25, 0.3) is 0 Å². The molecule has 0 unspecified atom stereocenters. The number of rotatable bonds is 5. The molecular formula is C11H14O4S. The number of hydrogen-bond acceptors (Lipinski definition) is 4. The van der Waals surface area contributed by atoms with Gasteiger partial charge in [0.2, 0.25) is 0 Å². The maximum Gasteiger partial charge on any atom is 0.275 e. The molecule has 0 aliphatic rings. The molecule has 0 amide bonds. The van der Waals surface area contributed by atoms with Gasteiger partial charge in [0.15, 0.2) is 5.78 Å². The minimum Gasteiger partial charge on any atom is -0.293 e. The number of carbonyl (C=O) groups is 1. The van der Waals surface area contributed by atoms with Crippen LogP contribution in [0.2, 0.25) is 0 Å². The highest BCUT2D eigenvalue weighted by Crippen LogP contribution is 2.05. The van der Waals surface area contributed by atoms with E-state index >= 15 is 0 Å². The molecule has 5 heteroatoms. The van der Waals surface area contributed by atoms with E-state index in [1.807, 2.05) is 0 Å². The standard InChI is InChI=1S/C11H14O4S/c1-9(2)15-16(13,14)8-11(12)10-6-4-3-5-7-10/h3-7,9H,8H2,1-2H3. The van der Waals surface area contributed by atoms with E-state index in [9.17, 15) is 13.2 Å². The van der Waals surface area contributed by atoms with E-state index in [1.165, 1.54) is 0 Å². The molecule has 0 saturated carbocycles. The van der Waals surface area contributed by atoms with Crippen LogP contribution in [-0.2, 0) is 14.3 Å². The Kier molecular flexibility index (Phi) is 4.20. The van der Waals surface area contributed by atoms with E-state index in [2.05, 4.69) is 4.18 Å². The van der Waals surface area contributed by atoms with E-state index < -0.39 is 27.8 Å². The molecule has 0 atom stereocenters. The van der Waals surface area contributed by atoms with Crippen molar-refractivity contribution in [3.05, 3.63) is 35.9 Å². The van der Waals surface area contributed by atoms with Gasteiger partial charge in [-0.3, -0.25) is 8.98 Å². The molecule has 0 aromatic heterocycles. The number of carbonyl (C=O) groups excluding carboxylic acids is 1. The molecule has 4 nitrogen and oxygen atoms in total. The normalized spacial score (nSPS) is 11.7. The van der Waals surface area contributed by atoms with Crippen molar-refractivity contribution in [1.29, 1.82) is 0 Å². The van der Waals surface area contributed by atoms with Crippen LogP contribution >= 0.6 is 0 Å². The Balaban J connectivity index is 2.73. The molecule has 0 radical (unpaired) electrons. The molecule has 0 aliphatic heterocycles. The maximum absolute atomic E-state index is 11.6. The average Bonchev–Trinajstić information content (AvgIpc) is 2.16. The second-order valence-electron chi connectivity index (χ2n) is 3.64. The fraction of sp³-hybridized carbons (Fsp3) is 0.364. The molecular weight excluding hydrogens is 228 g/mol. The van der Waals surface area contributed by atoms with Crippen LogP contribution in [0.1, 0.15) is 24.2 Å². The molecule has 0 bridgehead atoms. The van der Waals surface area contributed by atoms with Gasteiger partial charge in [0.1, 0.15) is 5.75 Å². The fourth-order valence-corrected chi connectivity index (χ4v) is 2.34. The average molecular weight is 242 g/mol. The second-order valence-corrected chi connectivity index (χ2v) is 5.23. The van der Waals surface area contributed by atoms with E-state index in [0.29, 0.717) is 5.56 Å². The van der Waals surface area contributed by atoms with Crippen LogP contribution < -0.4 is 0 Å². The van der Waals surface area contributed by atoms with Gasteiger partial charge in [-0.1, -0.05) is 30.3 Å². The van der Waals surface area contributed by atoms with Crippen LogP contribution in [0.3, 0.4) is 0 Å². The van der Waals surface area contributed by atoms with Crippen molar-refractivity contribution in [2.45, 2.75) is 20.0 Å². The highest BCUT2D eigenvalue weighted by Gasteiger charge is 2.19. The smallest absolute Gasteiger partial charge is 0.275 e. The highest BCUT2D eigenvalue weighted by molar-refractivity contribution is 7.87. The summed E-state index contributed by atoms with van der Waals surface area (Å²) in [5.74, 6) is -1.07. The van der Waals surface area contributed by atoms with E-state index in [-0.39, 0.29) is 0 Å². The minimum atomic E-state index is -3.78. The quantitative estimate of drug-likeness (QED) is 0.581. The van der Waals surface area contributed by atoms with Gasteiger partial charge in [0.05, 0.1) is 6.10 Å². The molecule has 1 aromatic carbocycles. The molecule has 0 spiro atoms. The Morgan fingerprint density at radius 3 is 2.31 bits per heavy atom. The van der Waals surface area contributed by atoms with Crippen molar-refractivity contribution in [1.82, 2.24) is 0 Å². The van der Waals surface area contributed by atoms with Crippen molar-refractivity contribution in [2.75, 3.05) is 5.75 Å². The summed E-state index contributed by atoms with van der Waals surface area (Å²) < 4.78 is 27.4. The first kappa shape index (κ1) is 12.9. The fourth-order valence-electron chi connectivity index (χ4n) is 1.20. The van der Waals surface area contributed by atoms with Crippen molar-refractivity contribution in [3.8, 4) is 0 Å². The monoisotopic (exact) mass is 242 g/mol. The van der Waals surface area contributed by atoms with Crippen molar-refractivity contribution in [2.24, 2.45) is 0 Å². The molecule has 0 saturated heterocycles. The molecule has 88 valence electrons. The molecule has 0 heterocycles. The lowest BCUT2D eigenvalue weighted by molar-refractivity contribution is 0.101. The van der Waals surface area contributed by atoms with Gasteiger partial charge in [0.25, 0.3) is 10.1 Å². The Morgan fingerprint density at radius 1 is 1.25 bits per heavy atom. The van der Waals surface area contributed by atoms with Gasteiger partial charge >= 0.3 is 0 Å². The van der Waals surface area contributed by atoms with E-state index in [0.717, 1.165) is 0 Å². The molecule has 1 aromatic rings. The predicted molar refractivity (Wildman–Crippen MR) is 60.8 cm³/mol. The SMILES string of the molecule is CC(C)OS(=O)(=O)CC(=O)c1ccccc1. The largest absolute Gasteiger partial charge is 0.293 e. The lowest BCUT2D eigenvalue weighted by Gasteiger charge is -2.07. The summed E-state index contributed by atoms with van der Waals surface area (Å²) in [6.45, 7) is 3.20. The summed E-state index contributed by atoms with van der Waals surface area (Å²) >= 11 is 0. The first-order valence-electron chi connectivity index (χ1n) is 4.90. The van der Waals surface area contributed by atoms with Gasteiger partial charge in [-0.15, -0.1) is 0 Å². The number of hydrogen-bond donors (Lipinski definition) is 0. The van der Waals surface area contributed by atoms with Crippen LogP contribution in [0.5, 0.6) is 0 Å². The second kappa shape index (κ2) is 5.23. The number of ketones is 1. The lowest BCUT2D eigenvalue weighted by Crippen LogP contribution is -2.21. The first-order chi connectivity index (χ1) is 7.41. The predicted octanol–water partition coefficient (Wildman–Crippen LogP) is 1.62. The zero-order chi connectivity index (χ0) is 12.2. The zero-order valence-corrected chi connectivity index (χ0v) is 10.0. The molecule has 1 rings (SSSR count). The summed E-state index contributed by atoms with van der Waals surface area (Å²) in [5.41, 5.74) is 0.374. The van der Waals surface area contributed by atoms with E-state index in [1.54, 1.807) is 44.2 Å². The Morgan fingerprint density at radius 2 is 1.81 bits per heavy atom. The third-order valence-corrected chi connectivity index (χ3v) is 3.04. The van der Waals surface area contributed by atoms with Gasteiger partial charge < -0.3 is 0 Å². The van der Waals surface area contributed by atoms with Crippen molar-refractivity contribution < 1.29 is 17.4 Å². The lowest BCUT2D eigenvalue weighted by atomic mass is 10.2. The first-order valence-corrected chi connectivity index (χ1v) is 6.47. The van der Waals surface area contributed by atoms with Gasteiger partial charge in [0, 0.05) is 5.56 Å². The third-order valence-electron chi connectivity index (χ3n) is 1.74. The molecule has 0 aliphatic carbocycles. The van der Waals surface area contributed by atoms with E-state index in [4.69, 9.17) is 0 Å². The topological polar surface area (TPSA) is 60.4 Å². The molecule has 0 fully saturated rings.